The van der Waals surface area contributed by atoms with E-state index in [1.54, 1.807) is 0 Å². The standard InChI is InChI=1S/C25H34BF3N4O4/c1-22(2,3)21-31-20(35-32-21)19(34)30-18-10-11-33(14-25(27,28)29)13-15-12-16(8-9-17(15)18)26-36-23(4,5)24(6,7)37-26/h8-9,12,18H,10-11,13-14H2,1-7H3,(H,30,34)/t18-/m1/s1. The fraction of sp³-hybridized carbons (Fsp3) is 0.640. The zero-order chi connectivity index (χ0) is 27.4. The van der Waals surface area contributed by atoms with Crippen LogP contribution < -0.4 is 10.8 Å². The van der Waals surface area contributed by atoms with Crippen LogP contribution >= 0.6 is 0 Å². The summed E-state index contributed by atoms with van der Waals surface area (Å²) in [4.78, 5) is 18.5. The van der Waals surface area contributed by atoms with E-state index in [0.717, 1.165) is 5.56 Å². The Morgan fingerprint density at radius 3 is 2.38 bits per heavy atom. The maximum absolute atomic E-state index is 13.3. The Morgan fingerprint density at radius 1 is 1.16 bits per heavy atom. The SMILES string of the molecule is CC(C)(C)c1noc(C(=O)N[C@@H]2CCN(CC(F)(F)F)Cc3cc(B4OC(C)(C)C(C)(C)O4)ccc32)n1. The zero-order valence-corrected chi connectivity index (χ0v) is 22.3. The van der Waals surface area contributed by atoms with Crippen LogP contribution in [0, 0.1) is 0 Å². The van der Waals surface area contributed by atoms with Gasteiger partial charge in [-0.2, -0.15) is 18.2 Å². The van der Waals surface area contributed by atoms with Gasteiger partial charge in [-0.3, -0.25) is 9.69 Å². The first kappa shape index (κ1) is 27.6. The maximum Gasteiger partial charge on any atom is 0.494 e. The van der Waals surface area contributed by atoms with Gasteiger partial charge in [-0.1, -0.05) is 44.1 Å². The molecule has 3 heterocycles. The summed E-state index contributed by atoms with van der Waals surface area (Å²) in [5.41, 5.74) is 0.592. The van der Waals surface area contributed by atoms with Gasteiger partial charge in [-0.05, 0) is 50.7 Å². The summed E-state index contributed by atoms with van der Waals surface area (Å²) in [6.45, 7) is 12.6. The topological polar surface area (TPSA) is 89.7 Å². The van der Waals surface area contributed by atoms with E-state index in [-0.39, 0.29) is 25.4 Å². The number of halogens is 3. The number of alkyl halides is 3. The Balaban J connectivity index is 1.62. The van der Waals surface area contributed by atoms with Gasteiger partial charge < -0.3 is 19.1 Å². The van der Waals surface area contributed by atoms with Crippen LogP contribution in [-0.4, -0.2) is 58.5 Å². The molecular weight excluding hydrogens is 488 g/mol. The molecule has 0 bridgehead atoms. The summed E-state index contributed by atoms with van der Waals surface area (Å²) in [5.74, 6) is -0.364. The average molecular weight is 522 g/mol. The lowest BCUT2D eigenvalue weighted by Gasteiger charge is -2.32. The molecule has 0 saturated carbocycles. The number of fused-ring (bicyclic) bond motifs is 1. The van der Waals surface area contributed by atoms with Crippen molar-refractivity contribution in [2.24, 2.45) is 0 Å². The molecule has 1 amide bonds. The normalized spacial score (nSPS) is 22.0. The number of rotatable bonds is 4. The highest BCUT2D eigenvalue weighted by molar-refractivity contribution is 6.62. The fourth-order valence-corrected chi connectivity index (χ4v) is 4.39. The van der Waals surface area contributed by atoms with Crippen LogP contribution in [0.4, 0.5) is 13.2 Å². The van der Waals surface area contributed by atoms with Crippen LogP contribution in [-0.2, 0) is 21.3 Å². The third-order valence-electron chi connectivity index (χ3n) is 7.20. The molecule has 1 aromatic heterocycles. The Hall–Kier alpha value is -2.44. The third-order valence-corrected chi connectivity index (χ3v) is 7.20. The van der Waals surface area contributed by atoms with Crippen LogP contribution in [0.2, 0.25) is 0 Å². The van der Waals surface area contributed by atoms with Crippen molar-refractivity contribution in [3.05, 3.63) is 41.0 Å². The molecule has 1 atom stereocenters. The van der Waals surface area contributed by atoms with Crippen LogP contribution in [0.15, 0.2) is 22.7 Å². The van der Waals surface area contributed by atoms with Crippen molar-refractivity contribution in [1.29, 1.82) is 0 Å². The lowest BCUT2D eigenvalue weighted by atomic mass is 9.77. The van der Waals surface area contributed by atoms with Crippen molar-refractivity contribution in [2.45, 2.75) is 90.3 Å². The van der Waals surface area contributed by atoms with Gasteiger partial charge in [0.1, 0.15) is 0 Å². The van der Waals surface area contributed by atoms with Gasteiger partial charge in [-0.25, -0.2) is 0 Å². The molecule has 0 spiro atoms. The summed E-state index contributed by atoms with van der Waals surface area (Å²) in [6, 6.07) is 4.93. The molecule has 2 aromatic rings. The number of hydrogen-bond acceptors (Lipinski definition) is 7. The first-order valence-corrected chi connectivity index (χ1v) is 12.4. The monoisotopic (exact) mass is 522 g/mol. The third kappa shape index (κ3) is 6.01. The second kappa shape index (κ2) is 9.39. The smallest absolute Gasteiger partial charge is 0.399 e. The number of nitrogens with one attached hydrogen (secondary N) is 1. The van der Waals surface area contributed by atoms with E-state index in [2.05, 4.69) is 15.5 Å². The van der Waals surface area contributed by atoms with Crippen LogP contribution in [0.5, 0.6) is 0 Å². The fourth-order valence-electron chi connectivity index (χ4n) is 4.39. The molecule has 37 heavy (non-hydrogen) atoms. The Morgan fingerprint density at radius 2 is 1.81 bits per heavy atom. The molecule has 0 unspecified atom stereocenters. The van der Waals surface area contributed by atoms with Crippen LogP contribution in [0.3, 0.4) is 0 Å². The van der Waals surface area contributed by atoms with Crippen molar-refractivity contribution in [3.63, 3.8) is 0 Å². The Kier molecular flexibility index (Phi) is 7.00. The van der Waals surface area contributed by atoms with Crippen LogP contribution in [0.1, 0.15) is 88.6 Å². The summed E-state index contributed by atoms with van der Waals surface area (Å²) < 4.78 is 57.3. The number of hydrogen-bond donors (Lipinski definition) is 1. The minimum Gasteiger partial charge on any atom is -0.399 e. The zero-order valence-electron chi connectivity index (χ0n) is 22.3. The van der Waals surface area contributed by atoms with E-state index in [1.807, 2.05) is 66.7 Å². The van der Waals surface area contributed by atoms with Crippen molar-refractivity contribution in [3.8, 4) is 0 Å². The van der Waals surface area contributed by atoms with E-state index < -0.39 is 48.4 Å². The second-order valence-electron chi connectivity index (χ2n) is 11.9. The molecule has 1 N–H and O–H groups in total. The summed E-state index contributed by atoms with van der Waals surface area (Å²) >= 11 is 0. The molecule has 2 aliphatic heterocycles. The molecule has 1 aromatic carbocycles. The Bertz CT molecular complexity index is 1140. The molecule has 0 aliphatic carbocycles. The molecule has 1 fully saturated rings. The molecule has 1 saturated heterocycles. The molecule has 2 aliphatic rings. The maximum atomic E-state index is 13.3. The second-order valence-corrected chi connectivity index (χ2v) is 11.9. The van der Waals surface area contributed by atoms with Crippen molar-refractivity contribution < 1.29 is 31.8 Å². The highest BCUT2D eigenvalue weighted by atomic mass is 19.4. The molecule has 8 nitrogen and oxygen atoms in total. The quantitative estimate of drug-likeness (QED) is 0.610. The summed E-state index contributed by atoms with van der Waals surface area (Å²) in [5, 5.41) is 6.78. The molecule has 12 heteroatoms. The summed E-state index contributed by atoms with van der Waals surface area (Å²) in [7, 11) is -0.656. The number of benzene rings is 1. The number of carbonyl (C=O) groups is 1. The molecule has 0 radical (unpaired) electrons. The van der Waals surface area contributed by atoms with E-state index >= 15 is 0 Å². The van der Waals surface area contributed by atoms with Crippen molar-refractivity contribution in [2.75, 3.05) is 13.1 Å². The lowest BCUT2D eigenvalue weighted by Crippen LogP contribution is -2.41. The number of nitrogens with zero attached hydrogens (tertiary/aromatic N) is 3. The van der Waals surface area contributed by atoms with Gasteiger partial charge >= 0.3 is 25.1 Å². The van der Waals surface area contributed by atoms with Gasteiger partial charge in [0.15, 0.2) is 5.82 Å². The predicted octanol–water partition coefficient (Wildman–Crippen LogP) is 3.91. The van der Waals surface area contributed by atoms with Gasteiger partial charge in [-0.15, -0.1) is 0 Å². The van der Waals surface area contributed by atoms with E-state index in [4.69, 9.17) is 13.8 Å². The molecule has 202 valence electrons. The largest absolute Gasteiger partial charge is 0.494 e. The highest BCUT2D eigenvalue weighted by Gasteiger charge is 2.52. The first-order chi connectivity index (χ1) is 17.0. The van der Waals surface area contributed by atoms with Gasteiger partial charge in [0.05, 0.1) is 23.8 Å². The Labute approximate surface area is 215 Å². The predicted molar refractivity (Wildman–Crippen MR) is 131 cm³/mol. The first-order valence-electron chi connectivity index (χ1n) is 12.4. The van der Waals surface area contributed by atoms with Gasteiger partial charge in [0, 0.05) is 18.5 Å². The number of carbonyl (C=O) groups excluding carboxylic acids is 1. The molecule has 4 rings (SSSR count). The molecular formula is C25H34BF3N4O4. The van der Waals surface area contributed by atoms with Gasteiger partial charge in [0.25, 0.3) is 0 Å². The van der Waals surface area contributed by atoms with Crippen LogP contribution in [0.25, 0.3) is 0 Å². The minimum atomic E-state index is -4.35. The van der Waals surface area contributed by atoms with Crippen molar-refractivity contribution >= 4 is 18.5 Å². The number of aromatic nitrogens is 2. The van der Waals surface area contributed by atoms with Gasteiger partial charge in [0.2, 0.25) is 0 Å². The summed E-state index contributed by atoms with van der Waals surface area (Å²) in [6.07, 6.45) is -4.06. The van der Waals surface area contributed by atoms with E-state index in [9.17, 15) is 18.0 Å². The average Bonchev–Trinajstić information content (AvgIpc) is 3.28. The lowest BCUT2D eigenvalue weighted by molar-refractivity contribution is -0.147. The van der Waals surface area contributed by atoms with E-state index in [1.165, 1.54) is 4.90 Å². The highest BCUT2D eigenvalue weighted by Crippen LogP contribution is 2.37. The van der Waals surface area contributed by atoms with E-state index in [0.29, 0.717) is 16.9 Å². The number of amides is 1. The minimum absolute atomic E-state index is 0.0727. The van der Waals surface area contributed by atoms with Crippen molar-refractivity contribution in [1.82, 2.24) is 20.4 Å².